The van der Waals surface area contributed by atoms with Crippen LogP contribution in [0.3, 0.4) is 0 Å². The minimum Gasteiger partial charge on any atom is -0.491 e. The lowest BCUT2D eigenvalue weighted by Crippen LogP contribution is -2.41. The number of ether oxygens (including phenoxy) is 12. The van der Waals surface area contributed by atoms with Gasteiger partial charge in [0.25, 0.3) is 0 Å². The molecule has 0 amide bonds. The van der Waals surface area contributed by atoms with E-state index < -0.39 is 8.32 Å². The van der Waals surface area contributed by atoms with Gasteiger partial charge in [0.05, 0.1) is 152 Å². The summed E-state index contributed by atoms with van der Waals surface area (Å²) >= 11 is 0. The Hall–Kier alpha value is -1.24. The zero-order valence-corrected chi connectivity index (χ0v) is 39.2. The van der Waals surface area contributed by atoms with E-state index in [1.54, 1.807) is 0 Å². The first-order chi connectivity index (χ1) is 28.8. The van der Waals surface area contributed by atoms with Gasteiger partial charge in [0.2, 0.25) is 0 Å². The van der Waals surface area contributed by atoms with Crippen LogP contribution < -0.4 is 4.74 Å². The van der Waals surface area contributed by atoms with Crippen LogP contribution in [0.5, 0.6) is 5.75 Å². The van der Waals surface area contributed by atoms with Gasteiger partial charge in [-0.3, -0.25) is 0 Å². The van der Waals surface area contributed by atoms with Crippen LogP contribution in [0.15, 0.2) is 24.3 Å². The minimum absolute atomic E-state index is 0.215. The zero-order valence-electron chi connectivity index (χ0n) is 38.2. The molecule has 14 heteroatoms. The van der Waals surface area contributed by atoms with Crippen molar-refractivity contribution in [3.63, 3.8) is 0 Å². The molecule has 0 N–H and O–H groups in total. The summed E-state index contributed by atoms with van der Waals surface area (Å²) in [5, 5.41) is 0.215. The van der Waals surface area contributed by atoms with Crippen LogP contribution in [-0.4, -0.2) is 167 Å². The Morgan fingerprint density at radius 2 is 0.661 bits per heavy atom. The van der Waals surface area contributed by atoms with E-state index in [9.17, 15) is 0 Å². The number of benzene rings is 1. The lowest BCUT2D eigenvalue weighted by molar-refractivity contribution is -0.0279. The van der Waals surface area contributed by atoms with E-state index in [1.807, 2.05) is 0 Å². The van der Waals surface area contributed by atoms with E-state index >= 15 is 0 Å². The fourth-order valence-electron chi connectivity index (χ4n) is 5.13. The maximum absolute atomic E-state index is 6.09. The van der Waals surface area contributed by atoms with Crippen LogP contribution >= 0.6 is 0 Å². The van der Waals surface area contributed by atoms with Crippen LogP contribution in [-0.2, 0) is 63.0 Å². The Bertz CT molecular complexity index is 997. The van der Waals surface area contributed by atoms with Gasteiger partial charge in [-0.15, -0.1) is 0 Å². The topological polar surface area (TPSA) is 120 Å². The van der Waals surface area contributed by atoms with Gasteiger partial charge >= 0.3 is 0 Å². The highest BCUT2D eigenvalue weighted by Gasteiger charge is 2.36. The van der Waals surface area contributed by atoms with Gasteiger partial charge in [-0.2, -0.15) is 0 Å². The van der Waals surface area contributed by atoms with E-state index in [1.165, 1.54) is 50.5 Å². The minimum atomic E-state index is -1.70. The first-order valence-electron chi connectivity index (χ1n) is 22.5. The first kappa shape index (κ1) is 55.8. The smallest absolute Gasteiger partial charge is 0.192 e. The summed E-state index contributed by atoms with van der Waals surface area (Å²) in [5.41, 5.74) is 1.38. The highest BCUT2D eigenvalue weighted by molar-refractivity contribution is 6.74. The molecule has 0 radical (unpaired) electrons. The molecule has 1 aromatic carbocycles. The monoisotopic (exact) mass is 863 g/mol. The number of hydrogen-bond acceptors (Lipinski definition) is 13. The van der Waals surface area contributed by atoms with Crippen molar-refractivity contribution in [2.45, 2.75) is 97.2 Å². The lowest BCUT2D eigenvalue weighted by atomic mass is 10.0. The van der Waals surface area contributed by atoms with Crippen LogP contribution in [0.4, 0.5) is 0 Å². The van der Waals surface area contributed by atoms with Crippen LogP contribution in [0.1, 0.15) is 78.2 Å². The maximum Gasteiger partial charge on any atom is 0.192 e. The van der Waals surface area contributed by atoms with Crippen molar-refractivity contribution < 1.29 is 61.3 Å². The predicted molar refractivity (Wildman–Crippen MR) is 236 cm³/mol. The standard InChI is InChI=1S/C45H86O13Si/c1-7-8-9-10-11-12-13-14-43-15-17-44(18-16-43)57-41-39-55-37-35-53-33-31-51-29-27-49-25-23-47-21-19-46-20-22-48-24-26-50-28-30-52-32-34-54-36-38-56-40-42-58-59(5,6)45(2,3)4/h15-18H,7-14,19-42H2,1-6H3. The fourth-order valence-corrected chi connectivity index (χ4v) is 6.16. The number of unbranched alkanes of at least 4 members (excludes halogenated alkanes) is 6. The van der Waals surface area contributed by atoms with Crippen molar-refractivity contribution in [3.05, 3.63) is 29.8 Å². The van der Waals surface area contributed by atoms with Crippen molar-refractivity contribution >= 4 is 8.32 Å². The average molecular weight is 863 g/mol. The summed E-state index contributed by atoms with van der Waals surface area (Å²) in [5.74, 6) is 0.887. The zero-order chi connectivity index (χ0) is 42.8. The third-order valence-corrected chi connectivity index (χ3v) is 14.2. The van der Waals surface area contributed by atoms with Crippen molar-refractivity contribution in [3.8, 4) is 5.75 Å². The van der Waals surface area contributed by atoms with Gasteiger partial charge in [0.15, 0.2) is 8.32 Å². The van der Waals surface area contributed by atoms with Gasteiger partial charge in [0, 0.05) is 0 Å². The Labute approximate surface area is 360 Å². The van der Waals surface area contributed by atoms with Crippen LogP contribution in [0, 0.1) is 0 Å². The Morgan fingerprint density at radius 1 is 0.373 bits per heavy atom. The highest BCUT2D eigenvalue weighted by Crippen LogP contribution is 2.36. The average Bonchev–Trinajstić information content (AvgIpc) is 3.21. The normalized spacial score (nSPS) is 12.2. The molecule has 13 nitrogen and oxygen atoms in total. The van der Waals surface area contributed by atoms with Gasteiger partial charge in [0.1, 0.15) is 12.4 Å². The molecular weight excluding hydrogens is 777 g/mol. The van der Waals surface area contributed by atoms with E-state index in [-0.39, 0.29) is 5.04 Å². The second-order valence-electron chi connectivity index (χ2n) is 15.7. The van der Waals surface area contributed by atoms with E-state index in [2.05, 4.69) is 65.1 Å². The molecule has 0 unspecified atom stereocenters. The Balaban J connectivity index is 1.68. The number of rotatable bonds is 46. The molecule has 0 saturated heterocycles. The summed E-state index contributed by atoms with van der Waals surface area (Å²) in [6.45, 7) is 26.2. The second-order valence-corrected chi connectivity index (χ2v) is 20.5. The summed E-state index contributed by atoms with van der Waals surface area (Å²) in [6.07, 6.45) is 10.5. The molecule has 1 aromatic rings. The summed E-state index contributed by atoms with van der Waals surface area (Å²) < 4.78 is 72.9. The molecule has 0 heterocycles. The van der Waals surface area contributed by atoms with Crippen molar-refractivity contribution in [1.82, 2.24) is 0 Å². The van der Waals surface area contributed by atoms with Crippen LogP contribution in [0.2, 0.25) is 18.1 Å². The fraction of sp³-hybridized carbons (Fsp3) is 0.867. The third kappa shape index (κ3) is 37.1. The second kappa shape index (κ2) is 40.8. The molecular formula is C45H86O13Si. The van der Waals surface area contributed by atoms with Crippen molar-refractivity contribution in [1.29, 1.82) is 0 Å². The molecule has 0 spiro atoms. The number of hydrogen-bond donors (Lipinski definition) is 0. The summed E-state index contributed by atoms with van der Waals surface area (Å²) in [6, 6.07) is 8.46. The van der Waals surface area contributed by atoms with Crippen molar-refractivity contribution in [2.75, 3.05) is 159 Å². The molecule has 0 aromatic heterocycles. The van der Waals surface area contributed by atoms with Gasteiger partial charge in [-0.05, 0) is 48.7 Å². The molecule has 0 aliphatic carbocycles. The molecule has 59 heavy (non-hydrogen) atoms. The Kier molecular flexibility index (Phi) is 38.6. The van der Waals surface area contributed by atoms with Gasteiger partial charge < -0.3 is 61.3 Å². The molecule has 0 aliphatic rings. The quantitative estimate of drug-likeness (QED) is 0.0474. The SMILES string of the molecule is CCCCCCCCCc1ccc(OCCOCCOCCOCCOCCOCCOCCOCCOCCOCCOCCOCCO[Si](C)(C)C(C)(C)C)cc1. The molecule has 1 rings (SSSR count). The van der Waals surface area contributed by atoms with E-state index in [0.717, 1.165) is 12.2 Å². The molecule has 0 aliphatic heterocycles. The molecule has 0 atom stereocenters. The van der Waals surface area contributed by atoms with E-state index in [4.69, 9.17) is 61.3 Å². The van der Waals surface area contributed by atoms with E-state index in [0.29, 0.717) is 159 Å². The summed E-state index contributed by atoms with van der Waals surface area (Å²) in [7, 11) is -1.70. The predicted octanol–water partition coefficient (Wildman–Crippen LogP) is 7.56. The Morgan fingerprint density at radius 3 is 0.983 bits per heavy atom. The van der Waals surface area contributed by atoms with Crippen LogP contribution in [0.25, 0.3) is 0 Å². The molecule has 0 saturated carbocycles. The lowest BCUT2D eigenvalue weighted by Gasteiger charge is -2.36. The van der Waals surface area contributed by atoms with Crippen molar-refractivity contribution in [2.24, 2.45) is 0 Å². The third-order valence-electron chi connectivity index (χ3n) is 9.71. The molecule has 0 fully saturated rings. The summed E-state index contributed by atoms with van der Waals surface area (Å²) in [4.78, 5) is 0. The molecule has 348 valence electrons. The first-order valence-corrected chi connectivity index (χ1v) is 25.4. The van der Waals surface area contributed by atoms with Gasteiger partial charge in [-0.1, -0.05) is 78.4 Å². The van der Waals surface area contributed by atoms with Gasteiger partial charge in [-0.25, -0.2) is 0 Å². The maximum atomic E-state index is 6.09. The largest absolute Gasteiger partial charge is 0.491 e. The molecule has 0 bridgehead atoms. The highest BCUT2D eigenvalue weighted by atomic mass is 28.4. The number of aryl methyl sites for hydroxylation is 1.